The van der Waals surface area contributed by atoms with Crippen molar-refractivity contribution in [3.63, 3.8) is 0 Å². The summed E-state index contributed by atoms with van der Waals surface area (Å²) in [6.45, 7) is 0.691. The number of rotatable bonds is 5. The molecule has 1 heterocycles. The van der Waals surface area contributed by atoms with Gasteiger partial charge in [-0.1, -0.05) is 11.6 Å². The minimum atomic E-state index is -0.115. The van der Waals surface area contributed by atoms with Crippen molar-refractivity contribution in [2.75, 3.05) is 6.54 Å². The van der Waals surface area contributed by atoms with E-state index >= 15 is 0 Å². The number of carbonyl (C=O) groups excluding carboxylic acids is 1. The first kappa shape index (κ1) is 13.3. The largest absolute Gasteiger partial charge is 0.350 e. The zero-order valence-electron chi connectivity index (χ0n) is 11.8. The van der Waals surface area contributed by atoms with Gasteiger partial charge in [-0.05, 0) is 57.1 Å². The maximum atomic E-state index is 12.0. The van der Waals surface area contributed by atoms with Crippen LogP contribution < -0.4 is 5.32 Å². The van der Waals surface area contributed by atoms with Gasteiger partial charge >= 0.3 is 0 Å². The fourth-order valence-corrected chi connectivity index (χ4v) is 2.62. The molecule has 2 aliphatic carbocycles. The summed E-state index contributed by atoms with van der Waals surface area (Å²) in [5, 5.41) is 11.1. The maximum Gasteiger partial charge on any atom is 0.271 e. The van der Waals surface area contributed by atoms with Crippen LogP contribution in [-0.4, -0.2) is 22.6 Å². The molecule has 0 aromatic carbocycles. The molecule has 0 atom stereocenters. The summed E-state index contributed by atoms with van der Waals surface area (Å²) in [5.74, 6) is 0.467. The number of amides is 1. The van der Waals surface area contributed by atoms with Gasteiger partial charge in [-0.15, -0.1) is 5.10 Å². The molecule has 4 heteroatoms. The second kappa shape index (κ2) is 6.16. The van der Waals surface area contributed by atoms with E-state index in [0.29, 0.717) is 18.2 Å². The van der Waals surface area contributed by atoms with Crippen molar-refractivity contribution in [2.45, 2.75) is 50.9 Å². The third-order valence-corrected chi connectivity index (χ3v) is 4.03. The quantitative estimate of drug-likeness (QED) is 0.838. The summed E-state index contributed by atoms with van der Waals surface area (Å²) in [4.78, 5) is 12.0. The van der Waals surface area contributed by atoms with E-state index in [-0.39, 0.29) is 5.91 Å². The van der Waals surface area contributed by atoms with Crippen LogP contribution in [0.1, 0.15) is 67.0 Å². The first-order valence-electron chi connectivity index (χ1n) is 7.62. The smallest absolute Gasteiger partial charge is 0.271 e. The van der Waals surface area contributed by atoms with Gasteiger partial charge in [0.15, 0.2) is 5.69 Å². The van der Waals surface area contributed by atoms with Gasteiger partial charge in [0, 0.05) is 12.5 Å². The van der Waals surface area contributed by atoms with Crippen LogP contribution >= 0.6 is 0 Å². The summed E-state index contributed by atoms with van der Waals surface area (Å²) in [6.07, 6.45) is 10.7. The minimum absolute atomic E-state index is 0.115. The molecule has 0 unspecified atom stereocenters. The molecule has 1 amide bonds. The predicted molar refractivity (Wildman–Crippen MR) is 77.5 cm³/mol. The fourth-order valence-electron chi connectivity index (χ4n) is 2.62. The van der Waals surface area contributed by atoms with Crippen LogP contribution in [0.15, 0.2) is 23.8 Å². The second-order valence-electron chi connectivity index (χ2n) is 5.73. The van der Waals surface area contributed by atoms with Crippen LogP contribution in [0, 0.1) is 0 Å². The summed E-state index contributed by atoms with van der Waals surface area (Å²) < 4.78 is 0. The Morgan fingerprint density at radius 2 is 2.15 bits per heavy atom. The molecule has 106 valence electrons. The van der Waals surface area contributed by atoms with E-state index in [2.05, 4.69) is 21.6 Å². The zero-order valence-corrected chi connectivity index (χ0v) is 11.8. The third kappa shape index (κ3) is 3.44. The Morgan fingerprint density at radius 3 is 2.80 bits per heavy atom. The molecule has 0 saturated heterocycles. The summed E-state index contributed by atoms with van der Waals surface area (Å²) in [5.41, 5.74) is 2.92. The molecular weight excluding hydrogens is 250 g/mol. The molecule has 0 radical (unpaired) electrons. The first-order chi connectivity index (χ1) is 9.83. The maximum absolute atomic E-state index is 12.0. The van der Waals surface area contributed by atoms with Crippen molar-refractivity contribution in [3.8, 4) is 0 Å². The van der Waals surface area contributed by atoms with Crippen molar-refractivity contribution in [1.82, 2.24) is 15.5 Å². The lowest BCUT2D eigenvalue weighted by Crippen LogP contribution is -2.26. The Kier molecular flexibility index (Phi) is 4.09. The molecule has 3 rings (SSSR count). The second-order valence-corrected chi connectivity index (χ2v) is 5.73. The average Bonchev–Trinajstić information content (AvgIpc) is 3.33. The SMILES string of the molecule is O=C(NCCC1=CCCCC1)c1ccc(C2CC2)nn1. The van der Waals surface area contributed by atoms with Crippen molar-refractivity contribution < 1.29 is 4.79 Å². The van der Waals surface area contributed by atoms with E-state index in [1.165, 1.54) is 44.1 Å². The summed E-state index contributed by atoms with van der Waals surface area (Å²) in [6, 6.07) is 3.72. The van der Waals surface area contributed by atoms with Gasteiger partial charge in [0.1, 0.15) is 0 Å². The van der Waals surface area contributed by atoms with Crippen molar-refractivity contribution in [2.24, 2.45) is 0 Å². The molecular formula is C16H21N3O. The lowest BCUT2D eigenvalue weighted by molar-refractivity contribution is 0.0948. The molecule has 1 aromatic heterocycles. The molecule has 20 heavy (non-hydrogen) atoms. The Bertz CT molecular complexity index is 503. The lowest BCUT2D eigenvalue weighted by Gasteiger charge is -2.12. The Hall–Kier alpha value is -1.71. The highest BCUT2D eigenvalue weighted by Crippen LogP contribution is 2.38. The Morgan fingerprint density at radius 1 is 1.25 bits per heavy atom. The number of aromatic nitrogens is 2. The first-order valence-corrected chi connectivity index (χ1v) is 7.62. The van der Waals surface area contributed by atoms with E-state index in [1.807, 2.05) is 6.07 Å². The van der Waals surface area contributed by atoms with Gasteiger partial charge in [0.25, 0.3) is 5.91 Å². The summed E-state index contributed by atoms with van der Waals surface area (Å²) >= 11 is 0. The van der Waals surface area contributed by atoms with Crippen LogP contribution in [0.4, 0.5) is 0 Å². The Balaban J connectivity index is 1.47. The minimum Gasteiger partial charge on any atom is -0.350 e. The zero-order chi connectivity index (χ0) is 13.8. The van der Waals surface area contributed by atoms with Gasteiger partial charge in [-0.2, -0.15) is 5.10 Å². The van der Waals surface area contributed by atoms with E-state index in [0.717, 1.165) is 12.1 Å². The summed E-state index contributed by atoms with van der Waals surface area (Å²) in [7, 11) is 0. The van der Waals surface area contributed by atoms with Crippen LogP contribution in [0.25, 0.3) is 0 Å². The van der Waals surface area contributed by atoms with Crippen LogP contribution in [0.3, 0.4) is 0 Å². The number of carbonyl (C=O) groups is 1. The molecule has 1 aromatic rings. The van der Waals surface area contributed by atoms with Gasteiger partial charge in [-0.3, -0.25) is 4.79 Å². The molecule has 0 aliphatic heterocycles. The number of hydrogen-bond donors (Lipinski definition) is 1. The number of nitrogens with one attached hydrogen (secondary N) is 1. The van der Waals surface area contributed by atoms with Crippen molar-refractivity contribution >= 4 is 5.91 Å². The highest BCUT2D eigenvalue weighted by Gasteiger charge is 2.25. The standard InChI is InChI=1S/C16H21N3O/c20-16(17-11-10-12-4-2-1-3-5-12)15-9-8-14(18-19-15)13-6-7-13/h4,8-9,13H,1-3,5-7,10-11H2,(H,17,20). The molecule has 1 fully saturated rings. The molecule has 1 N–H and O–H groups in total. The van der Waals surface area contributed by atoms with Gasteiger partial charge in [0.2, 0.25) is 0 Å². The van der Waals surface area contributed by atoms with E-state index < -0.39 is 0 Å². The average molecular weight is 271 g/mol. The van der Waals surface area contributed by atoms with Gasteiger partial charge in [-0.25, -0.2) is 0 Å². The van der Waals surface area contributed by atoms with Crippen molar-refractivity contribution in [3.05, 3.63) is 35.2 Å². The van der Waals surface area contributed by atoms with E-state index in [4.69, 9.17) is 0 Å². The van der Waals surface area contributed by atoms with E-state index in [1.54, 1.807) is 6.07 Å². The highest BCUT2D eigenvalue weighted by atomic mass is 16.1. The number of allylic oxidation sites excluding steroid dienone is 1. The predicted octanol–water partition coefficient (Wildman–Crippen LogP) is 2.97. The van der Waals surface area contributed by atoms with E-state index in [9.17, 15) is 4.79 Å². The molecule has 2 aliphatic rings. The Labute approximate surface area is 119 Å². The monoisotopic (exact) mass is 271 g/mol. The molecule has 0 spiro atoms. The van der Waals surface area contributed by atoms with Gasteiger partial charge in [0.05, 0.1) is 5.69 Å². The van der Waals surface area contributed by atoms with Crippen LogP contribution in [0.2, 0.25) is 0 Å². The lowest BCUT2D eigenvalue weighted by atomic mass is 9.97. The van der Waals surface area contributed by atoms with Gasteiger partial charge < -0.3 is 5.32 Å². The van der Waals surface area contributed by atoms with Crippen molar-refractivity contribution in [1.29, 1.82) is 0 Å². The van der Waals surface area contributed by atoms with Crippen LogP contribution in [-0.2, 0) is 0 Å². The highest BCUT2D eigenvalue weighted by molar-refractivity contribution is 5.92. The number of nitrogens with zero attached hydrogens (tertiary/aromatic N) is 2. The normalized spacial score (nSPS) is 18.5. The topological polar surface area (TPSA) is 54.9 Å². The molecule has 0 bridgehead atoms. The fraction of sp³-hybridized carbons (Fsp3) is 0.562. The van der Waals surface area contributed by atoms with Crippen LogP contribution in [0.5, 0.6) is 0 Å². The molecule has 1 saturated carbocycles. The third-order valence-electron chi connectivity index (χ3n) is 4.03. The molecule has 4 nitrogen and oxygen atoms in total. The number of hydrogen-bond acceptors (Lipinski definition) is 3.